The lowest BCUT2D eigenvalue weighted by Crippen LogP contribution is -2.44. The van der Waals surface area contributed by atoms with E-state index < -0.39 is 6.10 Å². The molecular weight excluding hydrogens is 399 g/mol. The zero-order valence-corrected chi connectivity index (χ0v) is 17.5. The van der Waals surface area contributed by atoms with Crippen molar-refractivity contribution >= 4 is 34.9 Å². The summed E-state index contributed by atoms with van der Waals surface area (Å²) in [7, 11) is 2.12. The van der Waals surface area contributed by atoms with Crippen LogP contribution in [0.3, 0.4) is 0 Å². The molecule has 1 N–H and O–H groups in total. The number of nitrogens with zero attached hydrogens (tertiary/aromatic N) is 3. The van der Waals surface area contributed by atoms with Crippen molar-refractivity contribution in [3.05, 3.63) is 52.1 Å². The highest BCUT2D eigenvalue weighted by molar-refractivity contribution is 6.42. The van der Waals surface area contributed by atoms with Crippen LogP contribution in [0.1, 0.15) is 12.5 Å². The predicted molar refractivity (Wildman–Crippen MR) is 112 cm³/mol. The zero-order valence-electron chi connectivity index (χ0n) is 16.0. The first-order valence-electron chi connectivity index (χ1n) is 9.20. The quantitative estimate of drug-likeness (QED) is 0.774. The first-order valence-corrected chi connectivity index (χ1v) is 9.96. The van der Waals surface area contributed by atoms with Crippen LogP contribution >= 0.6 is 23.2 Å². The van der Waals surface area contributed by atoms with Crippen LogP contribution in [0.15, 0.2) is 36.5 Å². The van der Waals surface area contributed by atoms with E-state index in [0.29, 0.717) is 22.3 Å². The molecule has 2 aromatic rings. The van der Waals surface area contributed by atoms with Crippen LogP contribution in [0.5, 0.6) is 5.75 Å². The molecule has 1 unspecified atom stereocenters. The van der Waals surface area contributed by atoms with Crippen LogP contribution in [0.25, 0.3) is 0 Å². The molecule has 28 heavy (non-hydrogen) atoms. The number of rotatable bonds is 6. The number of hydrogen-bond donors (Lipinski definition) is 1. The highest BCUT2D eigenvalue weighted by Gasteiger charge is 2.17. The standard InChI is InChI=1S/C20H24Cl2N4O2/c1-14(28-16-3-4-17(21)18(22)12-16)20(27)24-13-15-5-6-23-19(11-15)26-9-7-25(2)8-10-26/h3-6,11-12,14H,7-10,13H2,1-2H3,(H,24,27). The maximum atomic E-state index is 12.4. The topological polar surface area (TPSA) is 57.7 Å². The number of aromatic nitrogens is 1. The molecule has 3 rings (SSSR count). The second-order valence-electron chi connectivity index (χ2n) is 6.87. The van der Waals surface area contributed by atoms with Gasteiger partial charge >= 0.3 is 0 Å². The van der Waals surface area contributed by atoms with Gasteiger partial charge in [-0.1, -0.05) is 23.2 Å². The average Bonchev–Trinajstić information content (AvgIpc) is 2.69. The molecule has 1 aliphatic heterocycles. The Bertz CT molecular complexity index is 826. The second kappa shape index (κ2) is 9.45. The van der Waals surface area contributed by atoms with Crippen molar-refractivity contribution < 1.29 is 9.53 Å². The lowest BCUT2D eigenvalue weighted by molar-refractivity contribution is -0.127. The average molecular weight is 423 g/mol. The van der Waals surface area contributed by atoms with Gasteiger partial charge in [0.2, 0.25) is 0 Å². The predicted octanol–water partition coefficient (Wildman–Crippen LogP) is 3.22. The van der Waals surface area contributed by atoms with E-state index in [1.54, 1.807) is 31.3 Å². The van der Waals surface area contributed by atoms with Crippen molar-refractivity contribution in [2.24, 2.45) is 0 Å². The molecule has 1 atom stereocenters. The Morgan fingerprint density at radius 2 is 1.93 bits per heavy atom. The van der Waals surface area contributed by atoms with Gasteiger partial charge in [0.05, 0.1) is 10.0 Å². The van der Waals surface area contributed by atoms with E-state index in [4.69, 9.17) is 27.9 Å². The third-order valence-electron chi connectivity index (χ3n) is 4.68. The number of anilines is 1. The van der Waals surface area contributed by atoms with Crippen molar-refractivity contribution in [3.63, 3.8) is 0 Å². The highest BCUT2D eigenvalue weighted by Crippen LogP contribution is 2.26. The Kier molecular flexibility index (Phi) is 6.99. The van der Waals surface area contributed by atoms with E-state index in [0.717, 1.165) is 37.6 Å². The Morgan fingerprint density at radius 3 is 2.64 bits per heavy atom. The van der Waals surface area contributed by atoms with Crippen LogP contribution in [0, 0.1) is 0 Å². The first kappa shape index (κ1) is 20.7. The lowest BCUT2D eigenvalue weighted by atomic mass is 10.2. The number of benzene rings is 1. The minimum atomic E-state index is -0.656. The number of carbonyl (C=O) groups excluding carboxylic acids is 1. The summed E-state index contributed by atoms with van der Waals surface area (Å²) < 4.78 is 5.65. The van der Waals surface area contributed by atoms with Crippen molar-refractivity contribution in [1.29, 1.82) is 0 Å². The first-order chi connectivity index (χ1) is 13.4. The van der Waals surface area contributed by atoms with Gasteiger partial charge in [-0.05, 0) is 43.8 Å². The Balaban J connectivity index is 1.53. The number of nitrogens with one attached hydrogen (secondary N) is 1. The van der Waals surface area contributed by atoms with Gasteiger partial charge in [0.15, 0.2) is 6.10 Å². The molecular formula is C20H24Cl2N4O2. The maximum absolute atomic E-state index is 12.4. The Morgan fingerprint density at radius 1 is 1.18 bits per heavy atom. The van der Waals surface area contributed by atoms with E-state index in [1.807, 2.05) is 12.1 Å². The molecule has 1 fully saturated rings. The summed E-state index contributed by atoms with van der Waals surface area (Å²) in [5, 5.41) is 3.74. The largest absolute Gasteiger partial charge is 0.481 e. The number of likely N-dealkylation sites (N-methyl/N-ethyl adjacent to an activating group) is 1. The summed E-state index contributed by atoms with van der Waals surface area (Å²) in [4.78, 5) is 21.4. The van der Waals surface area contributed by atoms with Gasteiger partial charge in [-0.15, -0.1) is 0 Å². The normalized spacial score (nSPS) is 15.9. The van der Waals surface area contributed by atoms with Crippen LogP contribution in [-0.4, -0.2) is 55.1 Å². The minimum Gasteiger partial charge on any atom is -0.481 e. The van der Waals surface area contributed by atoms with Gasteiger partial charge in [0.25, 0.3) is 5.91 Å². The maximum Gasteiger partial charge on any atom is 0.261 e. The molecule has 2 heterocycles. The molecule has 6 nitrogen and oxygen atoms in total. The smallest absolute Gasteiger partial charge is 0.261 e. The highest BCUT2D eigenvalue weighted by atomic mass is 35.5. The molecule has 1 aliphatic rings. The Labute approximate surface area is 175 Å². The van der Waals surface area contributed by atoms with Crippen molar-refractivity contribution in [2.75, 3.05) is 38.1 Å². The molecule has 1 amide bonds. The van der Waals surface area contributed by atoms with E-state index in [9.17, 15) is 4.79 Å². The number of carbonyl (C=O) groups is 1. The molecule has 0 aliphatic carbocycles. The van der Waals surface area contributed by atoms with Crippen molar-refractivity contribution in [1.82, 2.24) is 15.2 Å². The minimum absolute atomic E-state index is 0.205. The number of halogens is 2. The van der Waals surface area contributed by atoms with Crippen molar-refractivity contribution in [3.8, 4) is 5.75 Å². The van der Waals surface area contributed by atoms with Gasteiger partial charge in [-0.2, -0.15) is 0 Å². The second-order valence-corrected chi connectivity index (χ2v) is 7.68. The molecule has 8 heteroatoms. The van der Waals surface area contributed by atoms with Crippen LogP contribution in [0.2, 0.25) is 10.0 Å². The fourth-order valence-corrected chi connectivity index (χ4v) is 3.21. The lowest BCUT2D eigenvalue weighted by Gasteiger charge is -2.33. The van der Waals surface area contributed by atoms with Gasteiger partial charge in [0, 0.05) is 45.0 Å². The fourth-order valence-electron chi connectivity index (χ4n) is 2.92. The monoisotopic (exact) mass is 422 g/mol. The molecule has 0 spiro atoms. The van der Waals surface area contributed by atoms with Gasteiger partial charge in [-0.25, -0.2) is 4.98 Å². The molecule has 1 aromatic carbocycles. The molecule has 1 saturated heterocycles. The SMILES string of the molecule is CC(Oc1ccc(Cl)c(Cl)c1)C(=O)NCc1ccnc(N2CCN(C)CC2)c1. The third kappa shape index (κ3) is 5.50. The number of pyridine rings is 1. The number of amides is 1. The van der Waals surface area contributed by atoms with Crippen LogP contribution in [0.4, 0.5) is 5.82 Å². The molecule has 1 aromatic heterocycles. The summed E-state index contributed by atoms with van der Waals surface area (Å²) in [6.45, 7) is 6.05. The summed E-state index contributed by atoms with van der Waals surface area (Å²) >= 11 is 11.9. The van der Waals surface area contributed by atoms with E-state index in [2.05, 4.69) is 27.1 Å². The molecule has 0 radical (unpaired) electrons. The Hall–Kier alpha value is -2.02. The number of piperazine rings is 1. The molecule has 0 saturated carbocycles. The van der Waals surface area contributed by atoms with E-state index in [1.165, 1.54) is 0 Å². The van der Waals surface area contributed by atoms with Gasteiger partial charge < -0.3 is 19.9 Å². The number of hydrogen-bond acceptors (Lipinski definition) is 5. The van der Waals surface area contributed by atoms with Gasteiger partial charge in [0.1, 0.15) is 11.6 Å². The van der Waals surface area contributed by atoms with Crippen molar-refractivity contribution in [2.45, 2.75) is 19.6 Å². The summed E-state index contributed by atoms with van der Waals surface area (Å²) in [5.74, 6) is 1.24. The molecule has 150 valence electrons. The van der Waals surface area contributed by atoms with Crippen LogP contribution in [-0.2, 0) is 11.3 Å². The van der Waals surface area contributed by atoms with Gasteiger partial charge in [-0.3, -0.25) is 4.79 Å². The summed E-state index contributed by atoms with van der Waals surface area (Å²) in [6.07, 6.45) is 1.13. The summed E-state index contributed by atoms with van der Waals surface area (Å²) in [5.41, 5.74) is 0.999. The van der Waals surface area contributed by atoms with E-state index >= 15 is 0 Å². The number of ether oxygens (including phenoxy) is 1. The van der Waals surface area contributed by atoms with E-state index in [-0.39, 0.29) is 5.91 Å². The third-order valence-corrected chi connectivity index (χ3v) is 5.42. The zero-order chi connectivity index (χ0) is 20.1. The van der Waals surface area contributed by atoms with Crippen LogP contribution < -0.4 is 15.0 Å². The summed E-state index contributed by atoms with van der Waals surface area (Å²) in [6, 6.07) is 8.85. The fraction of sp³-hybridized carbons (Fsp3) is 0.400. The molecule has 0 bridgehead atoms.